The first-order valence-corrected chi connectivity index (χ1v) is 11.6. The lowest BCUT2D eigenvalue weighted by molar-refractivity contribution is -0.144. The number of amides is 2. The standard InChI is InChI=1S/C26H30N2O6/c1-3-8-22(24(29)28-13-20(25(30)31)23(14-28)33-2)27-26(32)34-15-21-18-11-6-4-9-16(18)17-10-5-7-12-19(17)21/h4-7,9-12,20-23H,3,8,13-15H2,1-2H3,(H,27,32)(H,30,31)/t20?,22-,23?/m1/s1. The topological polar surface area (TPSA) is 105 Å². The van der Waals surface area contributed by atoms with E-state index in [1.165, 1.54) is 12.0 Å². The van der Waals surface area contributed by atoms with E-state index in [0.717, 1.165) is 22.3 Å². The van der Waals surface area contributed by atoms with Gasteiger partial charge in [-0.25, -0.2) is 4.79 Å². The Bertz CT molecular complexity index is 1030. The van der Waals surface area contributed by atoms with Gasteiger partial charge in [0.05, 0.1) is 6.10 Å². The number of alkyl carbamates (subject to hydrolysis) is 1. The van der Waals surface area contributed by atoms with Crippen molar-refractivity contribution in [3.05, 3.63) is 59.7 Å². The quantitative estimate of drug-likeness (QED) is 0.619. The highest BCUT2D eigenvalue weighted by atomic mass is 16.5. The lowest BCUT2D eigenvalue weighted by Crippen LogP contribution is -2.48. The summed E-state index contributed by atoms with van der Waals surface area (Å²) >= 11 is 0. The number of carbonyl (C=O) groups is 3. The maximum atomic E-state index is 13.1. The second-order valence-corrected chi connectivity index (χ2v) is 8.77. The molecule has 2 aliphatic rings. The molecular weight excluding hydrogens is 436 g/mol. The highest BCUT2D eigenvalue weighted by Crippen LogP contribution is 2.44. The zero-order valence-electron chi connectivity index (χ0n) is 19.4. The molecule has 1 saturated heterocycles. The van der Waals surface area contributed by atoms with E-state index in [9.17, 15) is 19.5 Å². The maximum Gasteiger partial charge on any atom is 0.407 e. The fourth-order valence-corrected chi connectivity index (χ4v) is 4.98. The summed E-state index contributed by atoms with van der Waals surface area (Å²) in [5, 5.41) is 12.1. The average molecular weight is 467 g/mol. The number of methoxy groups -OCH3 is 1. The van der Waals surface area contributed by atoms with Gasteiger partial charge >= 0.3 is 12.1 Å². The second-order valence-electron chi connectivity index (χ2n) is 8.77. The van der Waals surface area contributed by atoms with Crippen molar-refractivity contribution in [1.82, 2.24) is 10.2 Å². The third-order valence-electron chi connectivity index (χ3n) is 6.71. The number of likely N-dealkylation sites (tertiary alicyclic amines) is 1. The van der Waals surface area contributed by atoms with Crippen molar-refractivity contribution in [2.75, 3.05) is 26.8 Å². The van der Waals surface area contributed by atoms with Crippen LogP contribution in [0.4, 0.5) is 4.79 Å². The number of nitrogens with zero attached hydrogens (tertiary/aromatic N) is 1. The third kappa shape index (κ3) is 4.63. The van der Waals surface area contributed by atoms with E-state index in [2.05, 4.69) is 17.4 Å². The molecule has 0 aromatic heterocycles. The van der Waals surface area contributed by atoms with Crippen LogP contribution < -0.4 is 5.32 Å². The summed E-state index contributed by atoms with van der Waals surface area (Å²) in [7, 11) is 1.44. The Morgan fingerprint density at radius 1 is 1.06 bits per heavy atom. The molecule has 34 heavy (non-hydrogen) atoms. The van der Waals surface area contributed by atoms with Gasteiger partial charge in [0, 0.05) is 26.1 Å². The molecule has 0 radical (unpaired) electrons. The van der Waals surface area contributed by atoms with Gasteiger partial charge in [-0.3, -0.25) is 9.59 Å². The smallest absolute Gasteiger partial charge is 0.407 e. The third-order valence-corrected chi connectivity index (χ3v) is 6.71. The van der Waals surface area contributed by atoms with Gasteiger partial charge in [0.15, 0.2) is 0 Å². The zero-order chi connectivity index (χ0) is 24.2. The Labute approximate surface area is 198 Å². The van der Waals surface area contributed by atoms with Gasteiger partial charge in [0.1, 0.15) is 18.6 Å². The van der Waals surface area contributed by atoms with Gasteiger partial charge in [-0.15, -0.1) is 0 Å². The monoisotopic (exact) mass is 466 g/mol. The molecule has 4 rings (SSSR count). The first kappa shape index (κ1) is 23.8. The Morgan fingerprint density at radius 2 is 1.68 bits per heavy atom. The minimum atomic E-state index is -1.00. The molecule has 2 aromatic carbocycles. The van der Waals surface area contributed by atoms with Gasteiger partial charge in [-0.2, -0.15) is 0 Å². The van der Waals surface area contributed by atoms with Crippen LogP contribution in [0.1, 0.15) is 36.8 Å². The van der Waals surface area contributed by atoms with E-state index in [0.29, 0.717) is 12.8 Å². The van der Waals surface area contributed by atoms with Gasteiger partial charge in [-0.05, 0) is 28.7 Å². The zero-order valence-corrected chi connectivity index (χ0v) is 19.4. The molecule has 1 aliphatic heterocycles. The van der Waals surface area contributed by atoms with Crippen LogP contribution in [0.5, 0.6) is 0 Å². The number of ether oxygens (including phenoxy) is 2. The van der Waals surface area contributed by atoms with Crippen molar-refractivity contribution in [1.29, 1.82) is 0 Å². The molecule has 0 bridgehead atoms. The Kier molecular flexibility index (Phi) is 7.17. The molecule has 1 fully saturated rings. The van der Waals surface area contributed by atoms with Crippen molar-refractivity contribution < 1.29 is 29.0 Å². The van der Waals surface area contributed by atoms with E-state index in [-0.39, 0.29) is 31.5 Å². The SMILES string of the molecule is CCC[C@@H](NC(=O)OCC1c2ccccc2-c2ccccc21)C(=O)N1CC(OC)C(C(=O)O)C1. The van der Waals surface area contributed by atoms with Gasteiger partial charge in [0.2, 0.25) is 5.91 Å². The average Bonchev–Trinajstić information content (AvgIpc) is 3.42. The molecule has 8 nitrogen and oxygen atoms in total. The van der Waals surface area contributed by atoms with Crippen LogP contribution >= 0.6 is 0 Å². The van der Waals surface area contributed by atoms with Crippen molar-refractivity contribution in [2.45, 2.75) is 37.8 Å². The lowest BCUT2D eigenvalue weighted by Gasteiger charge is -2.24. The number of carbonyl (C=O) groups excluding carboxylic acids is 2. The van der Waals surface area contributed by atoms with Crippen LogP contribution in [0.15, 0.2) is 48.5 Å². The molecule has 0 saturated carbocycles. The number of carboxylic acid groups (broad SMARTS) is 1. The van der Waals surface area contributed by atoms with Crippen molar-refractivity contribution in [2.24, 2.45) is 5.92 Å². The van der Waals surface area contributed by atoms with Crippen LogP contribution in [0.25, 0.3) is 11.1 Å². The van der Waals surface area contributed by atoms with Crippen LogP contribution in [0, 0.1) is 5.92 Å². The van der Waals surface area contributed by atoms with E-state index in [4.69, 9.17) is 9.47 Å². The highest BCUT2D eigenvalue weighted by Gasteiger charge is 2.41. The van der Waals surface area contributed by atoms with Gasteiger partial charge in [-0.1, -0.05) is 61.9 Å². The second kappa shape index (κ2) is 10.3. The molecule has 2 N–H and O–H groups in total. The first-order chi connectivity index (χ1) is 16.4. The summed E-state index contributed by atoms with van der Waals surface area (Å²) in [6, 6.07) is 15.4. The fraction of sp³-hybridized carbons (Fsp3) is 0.423. The van der Waals surface area contributed by atoms with Crippen molar-refractivity contribution in [3.8, 4) is 11.1 Å². The van der Waals surface area contributed by atoms with Crippen LogP contribution in [-0.2, 0) is 19.1 Å². The van der Waals surface area contributed by atoms with Crippen molar-refractivity contribution >= 4 is 18.0 Å². The minimum absolute atomic E-state index is 0.0548. The largest absolute Gasteiger partial charge is 0.481 e. The fourth-order valence-electron chi connectivity index (χ4n) is 4.98. The molecular formula is C26H30N2O6. The van der Waals surface area contributed by atoms with Crippen LogP contribution in [0.3, 0.4) is 0 Å². The Balaban J connectivity index is 1.40. The highest BCUT2D eigenvalue weighted by molar-refractivity contribution is 5.87. The lowest BCUT2D eigenvalue weighted by atomic mass is 9.98. The molecule has 2 aromatic rings. The Morgan fingerprint density at radius 3 is 2.21 bits per heavy atom. The number of nitrogens with one attached hydrogen (secondary N) is 1. The number of fused-ring (bicyclic) bond motifs is 3. The predicted octanol–water partition coefficient (Wildman–Crippen LogP) is 3.25. The number of hydrogen-bond acceptors (Lipinski definition) is 5. The van der Waals surface area contributed by atoms with Crippen LogP contribution in [0.2, 0.25) is 0 Å². The summed E-state index contributed by atoms with van der Waals surface area (Å²) < 4.78 is 10.8. The molecule has 180 valence electrons. The molecule has 8 heteroatoms. The Hall–Kier alpha value is -3.39. The first-order valence-electron chi connectivity index (χ1n) is 11.6. The molecule has 2 amide bonds. The summed E-state index contributed by atoms with van der Waals surface area (Å²) in [4.78, 5) is 38.7. The molecule has 0 spiro atoms. The van der Waals surface area contributed by atoms with Crippen molar-refractivity contribution in [3.63, 3.8) is 0 Å². The van der Waals surface area contributed by atoms with Crippen LogP contribution in [-0.4, -0.2) is 66.9 Å². The predicted molar refractivity (Wildman–Crippen MR) is 125 cm³/mol. The van der Waals surface area contributed by atoms with Gasteiger partial charge in [0.25, 0.3) is 0 Å². The number of benzene rings is 2. The number of carboxylic acids is 1. The molecule has 2 unspecified atom stereocenters. The van der Waals surface area contributed by atoms with E-state index >= 15 is 0 Å². The van der Waals surface area contributed by atoms with Gasteiger partial charge < -0.3 is 24.8 Å². The summed E-state index contributed by atoms with van der Waals surface area (Å²) in [6.45, 7) is 2.31. The summed E-state index contributed by atoms with van der Waals surface area (Å²) in [5.41, 5.74) is 4.50. The number of rotatable bonds is 8. The summed E-state index contributed by atoms with van der Waals surface area (Å²) in [5.74, 6) is -2.18. The number of aliphatic carboxylic acids is 1. The summed E-state index contributed by atoms with van der Waals surface area (Å²) in [6.07, 6.45) is -0.136. The minimum Gasteiger partial charge on any atom is -0.481 e. The number of hydrogen-bond donors (Lipinski definition) is 2. The molecule has 3 atom stereocenters. The van der Waals surface area contributed by atoms with E-state index < -0.39 is 30.1 Å². The maximum absolute atomic E-state index is 13.1. The van der Waals surface area contributed by atoms with E-state index in [1.807, 2.05) is 43.3 Å². The normalized spacial score (nSPS) is 19.9. The molecule has 1 heterocycles. The van der Waals surface area contributed by atoms with E-state index in [1.54, 1.807) is 0 Å². The molecule has 1 aliphatic carbocycles.